The minimum atomic E-state index is -0.140. The summed E-state index contributed by atoms with van der Waals surface area (Å²) >= 11 is 0. The fraction of sp³-hybridized carbons (Fsp3) is 0.412. The second-order valence-electron chi connectivity index (χ2n) is 6.27. The van der Waals surface area contributed by atoms with Crippen LogP contribution >= 0.6 is 0 Å². The van der Waals surface area contributed by atoms with E-state index < -0.39 is 0 Å². The molecular formula is C17H20N6O. The molecule has 24 heavy (non-hydrogen) atoms. The summed E-state index contributed by atoms with van der Waals surface area (Å²) in [4.78, 5) is 16.6. The molecule has 1 aliphatic rings. The van der Waals surface area contributed by atoms with Crippen LogP contribution in [0, 0.1) is 12.8 Å². The molecule has 124 valence electrons. The number of nitrogens with one attached hydrogen (secondary N) is 1. The van der Waals surface area contributed by atoms with Crippen LogP contribution in [0.4, 0.5) is 0 Å². The first-order valence-corrected chi connectivity index (χ1v) is 8.33. The molecule has 0 radical (unpaired) electrons. The molecule has 0 unspecified atom stereocenters. The third kappa shape index (κ3) is 2.66. The Balaban J connectivity index is 1.71. The zero-order valence-electron chi connectivity index (χ0n) is 13.9. The maximum absolute atomic E-state index is 12.3. The van der Waals surface area contributed by atoms with Gasteiger partial charge in [-0.15, -0.1) is 0 Å². The fourth-order valence-electron chi connectivity index (χ4n) is 2.79. The van der Waals surface area contributed by atoms with Crippen LogP contribution in [0.5, 0.6) is 0 Å². The van der Waals surface area contributed by atoms with Crippen LogP contribution in [-0.2, 0) is 6.54 Å². The van der Waals surface area contributed by atoms with Gasteiger partial charge in [-0.05, 0) is 38.7 Å². The topological polar surface area (TPSA) is 77.1 Å². The summed E-state index contributed by atoms with van der Waals surface area (Å²) in [5, 5.41) is 11.9. The molecule has 0 bridgehead atoms. The molecule has 3 aromatic rings. The van der Waals surface area contributed by atoms with Gasteiger partial charge in [0, 0.05) is 37.1 Å². The lowest BCUT2D eigenvalue weighted by Gasteiger charge is -2.02. The monoisotopic (exact) mass is 324 g/mol. The van der Waals surface area contributed by atoms with Gasteiger partial charge in [0.1, 0.15) is 0 Å². The summed E-state index contributed by atoms with van der Waals surface area (Å²) in [7, 11) is 0. The van der Waals surface area contributed by atoms with Gasteiger partial charge >= 0.3 is 0 Å². The van der Waals surface area contributed by atoms with E-state index in [4.69, 9.17) is 0 Å². The SMILES string of the molecule is CCn1cc(-c2ccnc3cc(C(=O)NCC4CC4)nn23)c(C)n1. The molecule has 4 rings (SSSR count). The molecule has 7 heteroatoms. The summed E-state index contributed by atoms with van der Waals surface area (Å²) in [6, 6.07) is 3.63. The van der Waals surface area contributed by atoms with Crippen molar-refractivity contribution >= 4 is 11.6 Å². The Morgan fingerprint density at radius 2 is 2.21 bits per heavy atom. The van der Waals surface area contributed by atoms with Crippen molar-refractivity contribution in [1.82, 2.24) is 29.7 Å². The molecule has 1 amide bonds. The van der Waals surface area contributed by atoms with Crippen LogP contribution in [0.1, 0.15) is 35.9 Å². The molecule has 1 aliphatic carbocycles. The predicted octanol–water partition coefficient (Wildman–Crippen LogP) is 2.06. The van der Waals surface area contributed by atoms with Gasteiger partial charge in [-0.1, -0.05) is 0 Å². The van der Waals surface area contributed by atoms with E-state index >= 15 is 0 Å². The van der Waals surface area contributed by atoms with Crippen molar-refractivity contribution in [3.05, 3.63) is 35.9 Å². The van der Waals surface area contributed by atoms with E-state index in [0.29, 0.717) is 17.3 Å². The first kappa shape index (κ1) is 14.9. The van der Waals surface area contributed by atoms with Crippen LogP contribution in [-0.4, -0.2) is 36.8 Å². The van der Waals surface area contributed by atoms with Crippen molar-refractivity contribution in [3.8, 4) is 11.3 Å². The summed E-state index contributed by atoms with van der Waals surface area (Å²) < 4.78 is 3.61. The summed E-state index contributed by atoms with van der Waals surface area (Å²) in [6.45, 7) is 5.56. The van der Waals surface area contributed by atoms with Gasteiger partial charge in [-0.2, -0.15) is 10.2 Å². The zero-order chi connectivity index (χ0) is 16.7. The molecule has 0 atom stereocenters. The predicted molar refractivity (Wildman–Crippen MR) is 89.7 cm³/mol. The van der Waals surface area contributed by atoms with E-state index in [1.807, 2.05) is 23.9 Å². The van der Waals surface area contributed by atoms with E-state index in [-0.39, 0.29) is 5.91 Å². The minimum Gasteiger partial charge on any atom is -0.350 e. The van der Waals surface area contributed by atoms with E-state index in [9.17, 15) is 4.79 Å². The molecule has 1 saturated carbocycles. The van der Waals surface area contributed by atoms with Gasteiger partial charge in [0.15, 0.2) is 11.3 Å². The molecule has 3 heterocycles. The van der Waals surface area contributed by atoms with Crippen molar-refractivity contribution in [2.24, 2.45) is 5.92 Å². The molecular weight excluding hydrogens is 304 g/mol. The van der Waals surface area contributed by atoms with Crippen LogP contribution < -0.4 is 5.32 Å². The Hall–Kier alpha value is -2.70. The van der Waals surface area contributed by atoms with Crippen molar-refractivity contribution in [3.63, 3.8) is 0 Å². The summed E-state index contributed by atoms with van der Waals surface area (Å²) in [6.07, 6.45) is 6.15. The Bertz CT molecular complexity index is 905. The molecule has 0 spiro atoms. The maximum atomic E-state index is 12.3. The second-order valence-corrected chi connectivity index (χ2v) is 6.27. The zero-order valence-corrected chi connectivity index (χ0v) is 13.9. The molecule has 7 nitrogen and oxygen atoms in total. The largest absolute Gasteiger partial charge is 0.350 e. The van der Waals surface area contributed by atoms with Crippen LogP contribution in [0.3, 0.4) is 0 Å². The fourth-order valence-corrected chi connectivity index (χ4v) is 2.79. The molecule has 3 aromatic heterocycles. The summed E-state index contributed by atoms with van der Waals surface area (Å²) in [5.41, 5.74) is 3.87. The minimum absolute atomic E-state index is 0.140. The second kappa shape index (κ2) is 5.74. The number of amides is 1. The Morgan fingerprint density at radius 3 is 2.92 bits per heavy atom. The first-order chi connectivity index (χ1) is 11.7. The number of hydrogen-bond acceptors (Lipinski definition) is 4. The van der Waals surface area contributed by atoms with Crippen molar-refractivity contribution in [2.45, 2.75) is 33.2 Å². The smallest absolute Gasteiger partial charge is 0.271 e. The maximum Gasteiger partial charge on any atom is 0.271 e. The van der Waals surface area contributed by atoms with Crippen molar-refractivity contribution < 1.29 is 4.79 Å². The van der Waals surface area contributed by atoms with Crippen molar-refractivity contribution in [2.75, 3.05) is 6.54 Å². The van der Waals surface area contributed by atoms with E-state index in [1.165, 1.54) is 12.8 Å². The molecule has 1 N–H and O–H groups in total. The number of rotatable bonds is 5. The normalized spacial score (nSPS) is 14.2. The molecule has 0 saturated heterocycles. The lowest BCUT2D eigenvalue weighted by Crippen LogP contribution is -2.25. The van der Waals surface area contributed by atoms with Gasteiger partial charge in [0.25, 0.3) is 5.91 Å². The number of aryl methyl sites for hydroxylation is 2. The van der Waals surface area contributed by atoms with Gasteiger partial charge in [0.05, 0.1) is 11.4 Å². The average Bonchev–Trinajstić information content (AvgIpc) is 3.18. The van der Waals surface area contributed by atoms with Crippen LogP contribution in [0.15, 0.2) is 24.5 Å². The van der Waals surface area contributed by atoms with Gasteiger partial charge in [0.2, 0.25) is 0 Å². The van der Waals surface area contributed by atoms with Crippen LogP contribution in [0.25, 0.3) is 16.9 Å². The van der Waals surface area contributed by atoms with E-state index in [2.05, 4.69) is 27.4 Å². The lowest BCUT2D eigenvalue weighted by molar-refractivity contribution is 0.0946. The highest BCUT2D eigenvalue weighted by Gasteiger charge is 2.23. The highest BCUT2D eigenvalue weighted by atomic mass is 16.1. The number of carbonyl (C=O) groups is 1. The number of hydrogen-bond donors (Lipinski definition) is 1. The molecule has 0 aliphatic heterocycles. The molecule has 0 aromatic carbocycles. The average molecular weight is 324 g/mol. The third-order valence-electron chi connectivity index (χ3n) is 4.39. The van der Waals surface area contributed by atoms with E-state index in [0.717, 1.165) is 30.0 Å². The number of carbonyl (C=O) groups excluding carboxylic acids is 1. The van der Waals surface area contributed by atoms with Crippen molar-refractivity contribution in [1.29, 1.82) is 0 Å². The highest BCUT2D eigenvalue weighted by Crippen LogP contribution is 2.27. The first-order valence-electron chi connectivity index (χ1n) is 8.33. The third-order valence-corrected chi connectivity index (χ3v) is 4.39. The van der Waals surface area contributed by atoms with Crippen LogP contribution in [0.2, 0.25) is 0 Å². The number of nitrogens with zero attached hydrogens (tertiary/aromatic N) is 5. The number of aromatic nitrogens is 5. The quantitative estimate of drug-likeness (QED) is 0.779. The summed E-state index contributed by atoms with van der Waals surface area (Å²) in [5.74, 6) is 0.501. The Labute approximate surface area is 139 Å². The standard InChI is InChI=1S/C17H20N6O/c1-3-22-10-13(11(2)20-22)15-6-7-18-16-8-14(21-23(15)16)17(24)19-9-12-4-5-12/h6-8,10,12H,3-5,9H2,1-2H3,(H,19,24). The van der Waals surface area contributed by atoms with Gasteiger partial charge in [-0.25, -0.2) is 9.50 Å². The number of fused-ring (bicyclic) bond motifs is 1. The Kier molecular flexibility index (Phi) is 3.55. The highest BCUT2D eigenvalue weighted by molar-refractivity contribution is 5.93. The Morgan fingerprint density at radius 1 is 1.38 bits per heavy atom. The van der Waals surface area contributed by atoms with Gasteiger partial charge < -0.3 is 5.32 Å². The van der Waals surface area contributed by atoms with Gasteiger partial charge in [-0.3, -0.25) is 9.48 Å². The van der Waals surface area contributed by atoms with E-state index in [1.54, 1.807) is 16.8 Å². The lowest BCUT2D eigenvalue weighted by atomic mass is 10.2. The molecule has 1 fully saturated rings.